The fourth-order valence-corrected chi connectivity index (χ4v) is 1.96. The zero-order valence-electron chi connectivity index (χ0n) is 11.2. The van der Waals surface area contributed by atoms with Crippen molar-refractivity contribution in [1.29, 1.82) is 0 Å². The summed E-state index contributed by atoms with van der Waals surface area (Å²) in [6.07, 6.45) is 2.21. The Balaban J connectivity index is 2.40. The van der Waals surface area contributed by atoms with Gasteiger partial charge >= 0.3 is 0 Å². The van der Waals surface area contributed by atoms with Crippen LogP contribution in [0.15, 0.2) is 4.99 Å². The SMILES string of the molecule is CC(C)CN=C(NN)NC(C)C1CCOCC1. The number of nitrogens with one attached hydrogen (secondary N) is 2. The van der Waals surface area contributed by atoms with E-state index in [1.807, 2.05) is 0 Å². The molecule has 5 heteroatoms. The average Bonchev–Trinajstić information content (AvgIpc) is 2.35. The molecule has 1 rings (SSSR count). The Bertz CT molecular complexity index is 237. The van der Waals surface area contributed by atoms with E-state index in [4.69, 9.17) is 10.6 Å². The van der Waals surface area contributed by atoms with Gasteiger partial charge in [0.25, 0.3) is 0 Å². The van der Waals surface area contributed by atoms with Gasteiger partial charge in [0.2, 0.25) is 5.96 Å². The summed E-state index contributed by atoms with van der Waals surface area (Å²) in [7, 11) is 0. The van der Waals surface area contributed by atoms with Crippen molar-refractivity contribution in [2.75, 3.05) is 19.8 Å². The summed E-state index contributed by atoms with van der Waals surface area (Å²) in [5.74, 6) is 7.34. The van der Waals surface area contributed by atoms with Gasteiger partial charge in [-0.15, -0.1) is 0 Å². The van der Waals surface area contributed by atoms with Crippen LogP contribution < -0.4 is 16.6 Å². The predicted molar refractivity (Wildman–Crippen MR) is 70.6 cm³/mol. The lowest BCUT2D eigenvalue weighted by Crippen LogP contribution is -2.48. The van der Waals surface area contributed by atoms with E-state index in [2.05, 4.69) is 36.5 Å². The molecule has 1 heterocycles. The molecular weight excluding hydrogens is 216 g/mol. The summed E-state index contributed by atoms with van der Waals surface area (Å²) in [4.78, 5) is 4.41. The van der Waals surface area contributed by atoms with Crippen molar-refractivity contribution >= 4 is 5.96 Å². The van der Waals surface area contributed by atoms with E-state index < -0.39 is 0 Å². The van der Waals surface area contributed by atoms with E-state index in [9.17, 15) is 0 Å². The summed E-state index contributed by atoms with van der Waals surface area (Å²) in [5, 5.41) is 3.35. The molecule has 17 heavy (non-hydrogen) atoms. The maximum absolute atomic E-state index is 5.47. The molecule has 0 aliphatic carbocycles. The highest BCUT2D eigenvalue weighted by Gasteiger charge is 2.20. The molecule has 1 atom stereocenters. The number of hydrogen-bond acceptors (Lipinski definition) is 3. The van der Waals surface area contributed by atoms with Crippen molar-refractivity contribution in [3.8, 4) is 0 Å². The maximum atomic E-state index is 5.47. The first-order valence-electron chi connectivity index (χ1n) is 6.48. The lowest BCUT2D eigenvalue weighted by Gasteiger charge is -2.29. The largest absolute Gasteiger partial charge is 0.381 e. The molecule has 1 unspecified atom stereocenters. The Morgan fingerprint density at radius 2 is 2.00 bits per heavy atom. The van der Waals surface area contributed by atoms with Crippen LogP contribution in [0.1, 0.15) is 33.6 Å². The van der Waals surface area contributed by atoms with Crippen molar-refractivity contribution in [3.05, 3.63) is 0 Å². The third kappa shape index (κ3) is 5.37. The molecule has 0 saturated carbocycles. The van der Waals surface area contributed by atoms with Gasteiger partial charge in [0.05, 0.1) is 0 Å². The lowest BCUT2D eigenvalue weighted by atomic mass is 9.93. The van der Waals surface area contributed by atoms with Crippen LogP contribution in [0.3, 0.4) is 0 Å². The summed E-state index contributed by atoms with van der Waals surface area (Å²) in [5.41, 5.74) is 2.64. The molecule has 0 aromatic heterocycles. The standard InChI is InChI=1S/C12H26N4O/c1-9(2)8-14-12(16-13)15-10(3)11-4-6-17-7-5-11/h9-11H,4-8,13H2,1-3H3,(H2,14,15,16). The van der Waals surface area contributed by atoms with Crippen LogP contribution in [0, 0.1) is 11.8 Å². The van der Waals surface area contributed by atoms with Crippen LogP contribution >= 0.6 is 0 Å². The van der Waals surface area contributed by atoms with Crippen molar-refractivity contribution < 1.29 is 4.74 Å². The van der Waals surface area contributed by atoms with Gasteiger partial charge < -0.3 is 10.1 Å². The molecule has 0 aromatic rings. The third-order valence-electron chi connectivity index (χ3n) is 3.09. The van der Waals surface area contributed by atoms with Gasteiger partial charge in [0.1, 0.15) is 0 Å². The second-order valence-corrected chi connectivity index (χ2v) is 5.11. The van der Waals surface area contributed by atoms with Crippen LogP contribution in [0.25, 0.3) is 0 Å². The molecule has 0 amide bonds. The first-order valence-corrected chi connectivity index (χ1v) is 6.48. The van der Waals surface area contributed by atoms with Crippen LogP contribution in [-0.4, -0.2) is 31.8 Å². The van der Waals surface area contributed by atoms with Crippen LogP contribution in [0.2, 0.25) is 0 Å². The minimum atomic E-state index is 0.376. The lowest BCUT2D eigenvalue weighted by molar-refractivity contribution is 0.0581. The Morgan fingerprint density at radius 1 is 1.35 bits per heavy atom. The highest BCUT2D eigenvalue weighted by molar-refractivity contribution is 5.79. The monoisotopic (exact) mass is 242 g/mol. The molecule has 0 radical (unpaired) electrons. The van der Waals surface area contributed by atoms with Gasteiger partial charge in [-0.25, -0.2) is 5.84 Å². The Kier molecular flexibility index (Phi) is 6.29. The zero-order chi connectivity index (χ0) is 12.7. The summed E-state index contributed by atoms with van der Waals surface area (Å²) in [6, 6.07) is 0.376. The molecule has 4 N–H and O–H groups in total. The predicted octanol–water partition coefficient (Wildman–Crippen LogP) is 0.866. The van der Waals surface area contributed by atoms with E-state index in [-0.39, 0.29) is 0 Å². The fraction of sp³-hybridized carbons (Fsp3) is 0.917. The second kappa shape index (κ2) is 7.50. The van der Waals surface area contributed by atoms with E-state index in [1.54, 1.807) is 0 Å². The normalized spacial score (nSPS) is 20.4. The van der Waals surface area contributed by atoms with Crippen molar-refractivity contribution in [3.63, 3.8) is 0 Å². The number of nitrogens with zero attached hydrogens (tertiary/aromatic N) is 1. The molecule has 1 aliphatic heterocycles. The fourth-order valence-electron chi connectivity index (χ4n) is 1.96. The number of aliphatic imine (C=N–C) groups is 1. The molecule has 1 fully saturated rings. The van der Waals surface area contributed by atoms with E-state index >= 15 is 0 Å². The van der Waals surface area contributed by atoms with Crippen molar-refractivity contribution in [2.24, 2.45) is 22.7 Å². The van der Waals surface area contributed by atoms with Gasteiger partial charge in [-0.05, 0) is 31.6 Å². The molecule has 5 nitrogen and oxygen atoms in total. The number of hydrogen-bond donors (Lipinski definition) is 3. The summed E-state index contributed by atoms with van der Waals surface area (Å²) < 4.78 is 5.36. The van der Waals surface area contributed by atoms with E-state index in [1.165, 1.54) is 0 Å². The summed E-state index contributed by atoms with van der Waals surface area (Å²) >= 11 is 0. The number of hydrazine groups is 1. The molecular formula is C12H26N4O. The van der Waals surface area contributed by atoms with Gasteiger partial charge in [-0.1, -0.05) is 13.8 Å². The van der Waals surface area contributed by atoms with Crippen LogP contribution in [0.4, 0.5) is 0 Å². The molecule has 1 saturated heterocycles. The molecule has 1 aliphatic rings. The minimum absolute atomic E-state index is 0.376. The quantitative estimate of drug-likeness (QED) is 0.296. The zero-order valence-corrected chi connectivity index (χ0v) is 11.2. The Labute approximate surface area is 104 Å². The molecule has 0 spiro atoms. The van der Waals surface area contributed by atoms with Crippen molar-refractivity contribution in [2.45, 2.75) is 39.7 Å². The first kappa shape index (κ1) is 14.3. The number of rotatable bonds is 4. The smallest absolute Gasteiger partial charge is 0.205 e. The van der Waals surface area contributed by atoms with E-state index in [0.717, 1.165) is 32.6 Å². The molecule has 100 valence electrons. The minimum Gasteiger partial charge on any atom is -0.381 e. The highest BCUT2D eigenvalue weighted by Crippen LogP contribution is 2.18. The number of guanidine groups is 1. The van der Waals surface area contributed by atoms with Gasteiger partial charge in [0, 0.05) is 25.8 Å². The van der Waals surface area contributed by atoms with Gasteiger partial charge in [-0.3, -0.25) is 10.4 Å². The third-order valence-corrected chi connectivity index (χ3v) is 3.09. The van der Waals surface area contributed by atoms with Gasteiger partial charge in [0.15, 0.2) is 0 Å². The molecule has 0 bridgehead atoms. The highest BCUT2D eigenvalue weighted by atomic mass is 16.5. The van der Waals surface area contributed by atoms with Crippen LogP contribution in [0.5, 0.6) is 0 Å². The topological polar surface area (TPSA) is 71.7 Å². The van der Waals surface area contributed by atoms with Gasteiger partial charge in [-0.2, -0.15) is 0 Å². The Hall–Kier alpha value is -0.810. The van der Waals surface area contributed by atoms with E-state index in [0.29, 0.717) is 23.8 Å². The van der Waals surface area contributed by atoms with Crippen LogP contribution in [-0.2, 0) is 4.74 Å². The second-order valence-electron chi connectivity index (χ2n) is 5.11. The molecule has 0 aromatic carbocycles. The number of nitrogens with two attached hydrogens (primary N) is 1. The van der Waals surface area contributed by atoms with Crippen molar-refractivity contribution in [1.82, 2.24) is 10.7 Å². The summed E-state index contributed by atoms with van der Waals surface area (Å²) in [6.45, 7) is 8.97. The average molecular weight is 242 g/mol. The first-order chi connectivity index (χ1) is 8.13. The maximum Gasteiger partial charge on any atom is 0.205 e. The number of ether oxygens (including phenoxy) is 1. The Morgan fingerprint density at radius 3 is 2.53 bits per heavy atom.